The van der Waals surface area contributed by atoms with Crippen molar-refractivity contribution in [2.75, 3.05) is 18.0 Å². The number of amides is 1. The van der Waals surface area contributed by atoms with Crippen molar-refractivity contribution in [2.24, 2.45) is 0 Å². The third-order valence-corrected chi connectivity index (χ3v) is 6.06. The van der Waals surface area contributed by atoms with E-state index in [4.69, 9.17) is 11.6 Å². The predicted molar refractivity (Wildman–Crippen MR) is 107 cm³/mol. The molecule has 1 aromatic carbocycles. The van der Waals surface area contributed by atoms with Crippen molar-refractivity contribution in [1.29, 1.82) is 0 Å². The average molecular weight is 385 g/mol. The van der Waals surface area contributed by atoms with Crippen LogP contribution >= 0.6 is 11.6 Å². The molecule has 0 unspecified atom stereocenters. The fraction of sp³-hybridized carbons (Fsp3) is 0.476. The van der Waals surface area contributed by atoms with Crippen LogP contribution in [0.1, 0.15) is 49.8 Å². The maximum Gasteiger partial charge on any atom is 0.230 e. The summed E-state index contributed by atoms with van der Waals surface area (Å²) in [6.45, 7) is 2.45. The molecule has 1 saturated heterocycles. The van der Waals surface area contributed by atoms with Crippen LogP contribution in [0, 0.1) is 0 Å². The third-order valence-electron chi connectivity index (χ3n) is 5.81. The van der Waals surface area contributed by atoms with Gasteiger partial charge in [-0.05, 0) is 49.4 Å². The summed E-state index contributed by atoms with van der Waals surface area (Å²) in [5.41, 5.74) is 1.46. The summed E-state index contributed by atoms with van der Waals surface area (Å²) in [6.07, 6.45) is 8.06. The van der Waals surface area contributed by atoms with E-state index in [-0.39, 0.29) is 5.91 Å². The van der Waals surface area contributed by atoms with Crippen LogP contribution in [-0.2, 0) is 16.8 Å². The Morgan fingerprint density at radius 2 is 1.78 bits per heavy atom. The molecule has 1 N–H and O–H groups in total. The van der Waals surface area contributed by atoms with Gasteiger partial charge >= 0.3 is 0 Å². The molecule has 142 valence electrons. The Balaban J connectivity index is 1.47. The standard InChI is InChI=1S/C21H25ClN4O/c22-17-7-5-16(6-8-17)21(10-1-2-11-21)19(27)24-15-18-9-12-23-20(25-18)26-13-3-4-14-26/h5-9,12H,1-4,10-11,13-15H2,(H,24,27). The lowest BCUT2D eigenvalue weighted by molar-refractivity contribution is -0.126. The van der Waals surface area contributed by atoms with Crippen LogP contribution in [0.3, 0.4) is 0 Å². The lowest BCUT2D eigenvalue weighted by Crippen LogP contribution is -2.42. The van der Waals surface area contributed by atoms with E-state index in [1.54, 1.807) is 6.20 Å². The molecule has 4 rings (SSSR count). The van der Waals surface area contributed by atoms with E-state index < -0.39 is 5.41 Å². The van der Waals surface area contributed by atoms with E-state index in [9.17, 15) is 4.79 Å². The first-order valence-corrected chi connectivity index (χ1v) is 10.2. The maximum absolute atomic E-state index is 13.2. The molecule has 0 radical (unpaired) electrons. The Hall–Kier alpha value is -2.14. The average Bonchev–Trinajstić information content (AvgIpc) is 3.39. The first-order valence-electron chi connectivity index (χ1n) is 9.79. The highest BCUT2D eigenvalue weighted by Gasteiger charge is 2.42. The number of anilines is 1. The SMILES string of the molecule is O=C(NCc1ccnc(N2CCCC2)n1)C1(c2ccc(Cl)cc2)CCCC1. The minimum absolute atomic E-state index is 0.0867. The summed E-state index contributed by atoms with van der Waals surface area (Å²) in [4.78, 5) is 24.4. The smallest absolute Gasteiger partial charge is 0.230 e. The van der Waals surface area contributed by atoms with Crippen molar-refractivity contribution in [1.82, 2.24) is 15.3 Å². The van der Waals surface area contributed by atoms with Crippen molar-refractivity contribution in [2.45, 2.75) is 50.5 Å². The molecule has 0 bridgehead atoms. The molecule has 2 fully saturated rings. The van der Waals surface area contributed by atoms with Gasteiger partial charge in [0, 0.05) is 24.3 Å². The Morgan fingerprint density at radius 1 is 1.07 bits per heavy atom. The molecule has 1 saturated carbocycles. The molecule has 1 aromatic heterocycles. The summed E-state index contributed by atoms with van der Waals surface area (Å²) in [7, 11) is 0. The number of hydrogen-bond acceptors (Lipinski definition) is 4. The Kier molecular flexibility index (Phi) is 5.30. The molecule has 1 aliphatic heterocycles. The number of carbonyl (C=O) groups excluding carboxylic acids is 1. The Labute approximate surface area is 165 Å². The molecule has 27 heavy (non-hydrogen) atoms. The van der Waals surface area contributed by atoms with E-state index in [1.165, 1.54) is 12.8 Å². The number of aromatic nitrogens is 2. The van der Waals surface area contributed by atoms with E-state index >= 15 is 0 Å². The highest BCUT2D eigenvalue weighted by molar-refractivity contribution is 6.30. The quantitative estimate of drug-likeness (QED) is 0.850. The third kappa shape index (κ3) is 3.79. The van der Waals surface area contributed by atoms with Gasteiger partial charge in [-0.2, -0.15) is 0 Å². The summed E-state index contributed by atoms with van der Waals surface area (Å²) in [5.74, 6) is 0.858. The molecule has 2 aromatic rings. The zero-order chi connectivity index (χ0) is 18.7. The number of halogens is 1. The molecule has 0 atom stereocenters. The van der Waals surface area contributed by atoms with Crippen LogP contribution in [0.15, 0.2) is 36.5 Å². The molecular weight excluding hydrogens is 360 g/mol. The van der Waals surface area contributed by atoms with Crippen molar-refractivity contribution in [3.63, 3.8) is 0 Å². The molecule has 6 heteroatoms. The molecule has 5 nitrogen and oxygen atoms in total. The number of carbonyl (C=O) groups is 1. The monoisotopic (exact) mass is 384 g/mol. The van der Waals surface area contributed by atoms with Gasteiger partial charge in [0.1, 0.15) is 0 Å². The zero-order valence-electron chi connectivity index (χ0n) is 15.5. The molecule has 1 aliphatic carbocycles. The second-order valence-corrected chi connectivity index (χ2v) is 7.96. The highest BCUT2D eigenvalue weighted by atomic mass is 35.5. The maximum atomic E-state index is 13.2. The summed E-state index contributed by atoms with van der Waals surface area (Å²) in [6, 6.07) is 9.60. The molecular formula is C21H25ClN4O. The van der Waals surface area contributed by atoms with Crippen LogP contribution in [0.4, 0.5) is 5.95 Å². The number of nitrogens with zero attached hydrogens (tertiary/aromatic N) is 3. The molecule has 2 heterocycles. The molecule has 1 amide bonds. The van der Waals surface area contributed by atoms with Gasteiger partial charge in [-0.15, -0.1) is 0 Å². The Morgan fingerprint density at radius 3 is 2.48 bits per heavy atom. The molecule has 2 aliphatic rings. The van der Waals surface area contributed by atoms with Gasteiger partial charge < -0.3 is 10.2 Å². The molecule has 0 spiro atoms. The summed E-state index contributed by atoms with van der Waals surface area (Å²) >= 11 is 6.03. The van der Waals surface area contributed by atoms with Crippen LogP contribution < -0.4 is 10.2 Å². The number of nitrogens with one attached hydrogen (secondary N) is 1. The lowest BCUT2D eigenvalue weighted by Gasteiger charge is -2.28. The van der Waals surface area contributed by atoms with Gasteiger partial charge in [0.15, 0.2) is 0 Å². The van der Waals surface area contributed by atoms with Crippen LogP contribution in [0.25, 0.3) is 0 Å². The van der Waals surface area contributed by atoms with Crippen LogP contribution in [-0.4, -0.2) is 29.0 Å². The number of rotatable bonds is 5. The normalized spacial score (nSPS) is 18.6. The topological polar surface area (TPSA) is 58.1 Å². The van der Waals surface area contributed by atoms with Crippen LogP contribution in [0.5, 0.6) is 0 Å². The van der Waals surface area contributed by atoms with Crippen LogP contribution in [0.2, 0.25) is 5.02 Å². The van der Waals surface area contributed by atoms with E-state index in [2.05, 4.69) is 20.2 Å². The second kappa shape index (κ2) is 7.85. The first-order chi connectivity index (χ1) is 13.2. The largest absolute Gasteiger partial charge is 0.350 e. The minimum atomic E-state index is -0.449. The van der Waals surface area contributed by atoms with Crippen molar-refractivity contribution >= 4 is 23.5 Å². The number of hydrogen-bond donors (Lipinski definition) is 1. The Bertz CT molecular complexity index is 796. The van der Waals surface area contributed by atoms with E-state index in [1.807, 2.05) is 30.3 Å². The van der Waals surface area contributed by atoms with Gasteiger partial charge in [-0.25, -0.2) is 9.97 Å². The van der Waals surface area contributed by atoms with Crippen molar-refractivity contribution < 1.29 is 4.79 Å². The van der Waals surface area contributed by atoms with E-state index in [0.29, 0.717) is 11.6 Å². The van der Waals surface area contributed by atoms with E-state index in [0.717, 1.165) is 56.0 Å². The fourth-order valence-corrected chi connectivity index (χ4v) is 4.41. The lowest BCUT2D eigenvalue weighted by atomic mass is 9.78. The van der Waals surface area contributed by atoms with Gasteiger partial charge in [0.2, 0.25) is 11.9 Å². The van der Waals surface area contributed by atoms with Gasteiger partial charge in [0.05, 0.1) is 17.7 Å². The van der Waals surface area contributed by atoms with Crippen molar-refractivity contribution in [3.05, 3.63) is 52.8 Å². The number of benzene rings is 1. The summed E-state index contributed by atoms with van der Waals surface area (Å²) < 4.78 is 0. The van der Waals surface area contributed by atoms with Gasteiger partial charge in [-0.1, -0.05) is 36.6 Å². The van der Waals surface area contributed by atoms with Crippen molar-refractivity contribution in [3.8, 4) is 0 Å². The minimum Gasteiger partial charge on any atom is -0.350 e. The fourth-order valence-electron chi connectivity index (χ4n) is 4.29. The highest BCUT2D eigenvalue weighted by Crippen LogP contribution is 2.41. The second-order valence-electron chi connectivity index (χ2n) is 7.52. The van der Waals surface area contributed by atoms with Gasteiger partial charge in [0.25, 0.3) is 0 Å². The first kappa shape index (κ1) is 18.2. The predicted octanol–water partition coefficient (Wildman–Crippen LogP) is 3.86. The summed E-state index contributed by atoms with van der Waals surface area (Å²) in [5, 5.41) is 3.83. The van der Waals surface area contributed by atoms with Gasteiger partial charge in [-0.3, -0.25) is 4.79 Å². The zero-order valence-corrected chi connectivity index (χ0v) is 16.2.